The van der Waals surface area contributed by atoms with Gasteiger partial charge in [0.15, 0.2) is 0 Å². The van der Waals surface area contributed by atoms with Crippen LogP contribution < -0.4 is 5.32 Å². The molecule has 116 valence electrons. The van der Waals surface area contributed by atoms with Crippen LogP contribution in [0.1, 0.15) is 44.3 Å². The molecule has 1 fully saturated rings. The third kappa shape index (κ3) is 4.83. The molecule has 0 radical (unpaired) electrons. The molecule has 4 heteroatoms. The molecule has 2 atom stereocenters. The summed E-state index contributed by atoms with van der Waals surface area (Å²) < 4.78 is 0. The summed E-state index contributed by atoms with van der Waals surface area (Å²) in [7, 11) is 0. The van der Waals surface area contributed by atoms with Gasteiger partial charge in [0.05, 0.1) is 12.1 Å². The van der Waals surface area contributed by atoms with Gasteiger partial charge in [-0.25, -0.2) is 0 Å². The lowest BCUT2D eigenvalue weighted by Gasteiger charge is -2.25. The summed E-state index contributed by atoms with van der Waals surface area (Å²) in [5.41, 5.74) is 0.874. The molecule has 4 nitrogen and oxygen atoms in total. The second kappa shape index (κ2) is 8.15. The Morgan fingerprint density at radius 1 is 1.19 bits per heavy atom. The summed E-state index contributed by atoms with van der Waals surface area (Å²) in [5.74, 6) is 0.150. The van der Waals surface area contributed by atoms with Crippen LogP contribution in [-0.2, 0) is 4.79 Å². The van der Waals surface area contributed by atoms with Crippen molar-refractivity contribution in [1.82, 2.24) is 10.2 Å². The molecule has 1 aromatic rings. The fraction of sp³-hybridized carbons (Fsp3) is 0.588. The van der Waals surface area contributed by atoms with Gasteiger partial charge in [0, 0.05) is 19.6 Å². The number of nitrogens with one attached hydrogen (secondary N) is 1. The normalized spacial score (nSPS) is 18.9. The molecular formula is C17H26N2O2. The Kier molecular flexibility index (Phi) is 6.21. The van der Waals surface area contributed by atoms with E-state index in [1.54, 1.807) is 0 Å². The summed E-state index contributed by atoms with van der Waals surface area (Å²) in [6.07, 6.45) is 4.07. The minimum absolute atomic E-state index is 0.150. The van der Waals surface area contributed by atoms with Crippen molar-refractivity contribution in [1.29, 1.82) is 0 Å². The van der Waals surface area contributed by atoms with E-state index in [9.17, 15) is 9.90 Å². The lowest BCUT2D eigenvalue weighted by molar-refractivity contribution is -0.133. The van der Waals surface area contributed by atoms with Crippen LogP contribution in [0.25, 0.3) is 0 Å². The van der Waals surface area contributed by atoms with Crippen LogP contribution in [0.2, 0.25) is 0 Å². The van der Waals surface area contributed by atoms with Crippen LogP contribution in [0.3, 0.4) is 0 Å². The van der Waals surface area contributed by atoms with Gasteiger partial charge < -0.3 is 15.3 Å². The second-order valence-electron chi connectivity index (χ2n) is 5.80. The maximum absolute atomic E-state index is 12.4. The standard InChI is InChI=1S/C17H26N2O2/c1-14(17(21)19-11-7-2-3-8-12-19)18-13-16(20)15-9-5-4-6-10-15/h4-6,9-10,14,16,18,20H,2-3,7-8,11-13H2,1H3. The lowest BCUT2D eigenvalue weighted by atomic mass is 10.1. The smallest absolute Gasteiger partial charge is 0.239 e. The monoisotopic (exact) mass is 290 g/mol. The number of aliphatic hydroxyl groups excluding tert-OH is 1. The predicted octanol–water partition coefficient (Wildman–Crippen LogP) is 2.10. The van der Waals surface area contributed by atoms with Gasteiger partial charge in [-0.2, -0.15) is 0 Å². The van der Waals surface area contributed by atoms with Crippen LogP contribution in [0.15, 0.2) is 30.3 Å². The first-order valence-corrected chi connectivity index (χ1v) is 7.93. The van der Waals surface area contributed by atoms with E-state index >= 15 is 0 Å². The number of hydrogen-bond acceptors (Lipinski definition) is 3. The second-order valence-corrected chi connectivity index (χ2v) is 5.80. The third-order valence-corrected chi connectivity index (χ3v) is 4.09. The Bertz CT molecular complexity index is 428. The molecule has 2 rings (SSSR count). The SMILES string of the molecule is CC(NCC(O)c1ccccc1)C(=O)N1CCCCCC1. The number of carbonyl (C=O) groups is 1. The average Bonchev–Trinajstić information content (AvgIpc) is 2.81. The molecule has 0 bridgehead atoms. The number of carbonyl (C=O) groups excluding carboxylic acids is 1. The Morgan fingerprint density at radius 3 is 2.43 bits per heavy atom. The molecule has 1 amide bonds. The molecule has 2 N–H and O–H groups in total. The zero-order valence-corrected chi connectivity index (χ0v) is 12.8. The number of aliphatic hydroxyl groups is 1. The largest absolute Gasteiger partial charge is 0.387 e. The predicted molar refractivity (Wildman–Crippen MR) is 83.9 cm³/mol. The van der Waals surface area contributed by atoms with Gasteiger partial charge in [-0.1, -0.05) is 43.2 Å². The molecule has 0 spiro atoms. The summed E-state index contributed by atoms with van der Waals surface area (Å²) in [5, 5.41) is 13.3. The number of likely N-dealkylation sites (tertiary alicyclic amines) is 1. The Labute approximate surface area is 127 Å². The van der Waals surface area contributed by atoms with Crippen LogP contribution in [0.4, 0.5) is 0 Å². The maximum Gasteiger partial charge on any atom is 0.239 e. The first kappa shape index (κ1) is 16.0. The van der Waals surface area contributed by atoms with Crippen molar-refractivity contribution in [3.63, 3.8) is 0 Å². The van der Waals surface area contributed by atoms with E-state index in [0.29, 0.717) is 6.54 Å². The van der Waals surface area contributed by atoms with Gasteiger partial charge in [0.25, 0.3) is 0 Å². The number of rotatable bonds is 5. The first-order chi connectivity index (χ1) is 10.2. The molecule has 1 aliphatic rings. The quantitative estimate of drug-likeness (QED) is 0.873. The highest BCUT2D eigenvalue weighted by Crippen LogP contribution is 2.13. The Morgan fingerprint density at radius 2 is 1.81 bits per heavy atom. The Balaban J connectivity index is 1.80. The lowest BCUT2D eigenvalue weighted by Crippen LogP contribution is -2.46. The molecule has 21 heavy (non-hydrogen) atoms. The molecule has 1 aromatic carbocycles. The summed E-state index contributed by atoms with van der Waals surface area (Å²) in [4.78, 5) is 14.3. The van der Waals surface area contributed by atoms with Crippen LogP contribution in [-0.4, -0.2) is 41.6 Å². The zero-order valence-electron chi connectivity index (χ0n) is 12.8. The number of amides is 1. The first-order valence-electron chi connectivity index (χ1n) is 7.93. The Hall–Kier alpha value is -1.39. The molecule has 1 saturated heterocycles. The van der Waals surface area contributed by atoms with E-state index in [4.69, 9.17) is 0 Å². The van der Waals surface area contributed by atoms with Crippen molar-refractivity contribution in [3.05, 3.63) is 35.9 Å². The van der Waals surface area contributed by atoms with Gasteiger partial charge in [0.1, 0.15) is 0 Å². The minimum atomic E-state index is -0.578. The van der Waals surface area contributed by atoms with Gasteiger partial charge >= 0.3 is 0 Å². The molecule has 0 saturated carbocycles. The van der Waals surface area contributed by atoms with Gasteiger partial charge in [-0.3, -0.25) is 4.79 Å². The van der Waals surface area contributed by atoms with Gasteiger partial charge in [0.2, 0.25) is 5.91 Å². The van der Waals surface area contributed by atoms with Crippen molar-refractivity contribution in [3.8, 4) is 0 Å². The molecule has 0 aliphatic carbocycles. The van der Waals surface area contributed by atoms with E-state index in [1.807, 2.05) is 42.2 Å². The zero-order chi connectivity index (χ0) is 15.1. The molecule has 1 aliphatic heterocycles. The van der Waals surface area contributed by atoms with E-state index in [-0.39, 0.29) is 11.9 Å². The van der Waals surface area contributed by atoms with E-state index < -0.39 is 6.10 Å². The van der Waals surface area contributed by atoms with Crippen LogP contribution in [0.5, 0.6) is 0 Å². The molecular weight excluding hydrogens is 264 g/mol. The molecule has 2 unspecified atom stereocenters. The maximum atomic E-state index is 12.4. The van der Waals surface area contributed by atoms with Crippen molar-refractivity contribution in [2.75, 3.05) is 19.6 Å². The van der Waals surface area contributed by atoms with E-state index in [2.05, 4.69) is 5.32 Å². The van der Waals surface area contributed by atoms with Crippen molar-refractivity contribution in [2.45, 2.75) is 44.8 Å². The molecule has 1 heterocycles. The summed E-state index contributed by atoms with van der Waals surface area (Å²) >= 11 is 0. The van der Waals surface area contributed by atoms with E-state index in [0.717, 1.165) is 31.5 Å². The van der Waals surface area contributed by atoms with Crippen LogP contribution >= 0.6 is 0 Å². The van der Waals surface area contributed by atoms with Gasteiger partial charge in [-0.05, 0) is 25.3 Å². The van der Waals surface area contributed by atoms with Gasteiger partial charge in [-0.15, -0.1) is 0 Å². The highest BCUT2D eigenvalue weighted by atomic mass is 16.3. The number of benzene rings is 1. The third-order valence-electron chi connectivity index (χ3n) is 4.09. The average molecular weight is 290 g/mol. The number of hydrogen-bond donors (Lipinski definition) is 2. The number of nitrogens with zero attached hydrogens (tertiary/aromatic N) is 1. The van der Waals surface area contributed by atoms with Crippen LogP contribution in [0, 0.1) is 0 Å². The summed E-state index contributed by atoms with van der Waals surface area (Å²) in [6.45, 7) is 4.01. The van der Waals surface area contributed by atoms with Crippen molar-refractivity contribution < 1.29 is 9.90 Å². The minimum Gasteiger partial charge on any atom is -0.387 e. The fourth-order valence-corrected chi connectivity index (χ4v) is 2.73. The van der Waals surface area contributed by atoms with Crippen molar-refractivity contribution >= 4 is 5.91 Å². The van der Waals surface area contributed by atoms with E-state index in [1.165, 1.54) is 12.8 Å². The fourth-order valence-electron chi connectivity index (χ4n) is 2.73. The highest BCUT2D eigenvalue weighted by molar-refractivity contribution is 5.81. The highest BCUT2D eigenvalue weighted by Gasteiger charge is 2.21. The topological polar surface area (TPSA) is 52.6 Å². The van der Waals surface area contributed by atoms with Crippen molar-refractivity contribution in [2.24, 2.45) is 0 Å². The summed E-state index contributed by atoms with van der Waals surface area (Å²) in [6, 6.07) is 9.28. The molecule has 0 aromatic heterocycles.